The largest absolute Gasteiger partial charge is 0.395 e. The maximum absolute atomic E-state index is 8.96. The van der Waals surface area contributed by atoms with E-state index in [0.29, 0.717) is 6.42 Å². The quantitative estimate of drug-likeness (QED) is 0.882. The molecule has 19 heavy (non-hydrogen) atoms. The van der Waals surface area contributed by atoms with E-state index in [2.05, 4.69) is 56.3 Å². The number of aliphatic hydroxyl groups excluding tert-OH is 1. The molecule has 0 amide bonds. The van der Waals surface area contributed by atoms with E-state index in [1.54, 1.807) is 0 Å². The van der Waals surface area contributed by atoms with E-state index in [9.17, 15) is 0 Å². The molecule has 0 aromatic heterocycles. The number of rotatable bonds is 4. The maximum atomic E-state index is 8.96. The minimum Gasteiger partial charge on any atom is -0.395 e. The Morgan fingerprint density at radius 1 is 0.947 bits per heavy atom. The van der Waals surface area contributed by atoms with Crippen LogP contribution in [0.15, 0.2) is 42.5 Å². The number of hydrogen-bond donors (Lipinski definition) is 2. The van der Waals surface area contributed by atoms with Gasteiger partial charge in [0.25, 0.3) is 0 Å². The average Bonchev–Trinajstić information content (AvgIpc) is 2.38. The molecule has 0 spiro atoms. The molecule has 0 aliphatic heterocycles. The van der Waals surface area contributed by atoms with Gasteiger partial charge >= 0.3 is 0 Å². The Morgan fingerprint density at radius 2 is 1.53 bits per heavy atom. The summed E-state index contributed by atoms with van der Waals surface area (Å²) in [7, 11) is 0. The first-order chi connectivity index (χ1) is 9.08. The number of nitrogens with two attached hydrogens (primary N) is 1. The van der Waals surface area contributed by atoms with Gasteiger partial charge in [-0.1, -0.05) is 53.6 Å². The summed E-state index contributed by atoms with van der Waals surface area (Å²) in [5.74, 6) is 0. The van der Waals surface area contributed by atoms with Crippen molar-refractivity contribution in [3.63, 3.8) is 0 Å². The SMILES string of the molecule is Cc1cc(C)cc(-c2ccc(CC(N)CO)cc2)c1. The zero-order valence-electron chi connectivity index (χ0n) is 11.6. The molecule has 3 N–H and O–H groups in total. The van der Waals surface area contributed by atoms with Crippen LogP contribution in [0.4, 0.5) is 0 Å². The first-order valence-corrected chi connectivity index (χ1v) is 6.62. The molecule has 2 aromatic rings. The third kappa shape index (κ3) is 3.66. The predicted octanol–water partition coefficient (Wildman–Crippen LogP) is 2.83. The van der Waals surface area contributed by atoms with Gasteiger partial charge in [0.05, 0.1) is 6.61 Å². The van der Waals surface area contributed by atoms with Gasteiger partial charge in [0.1, 0.15) is 0 Å². The van der Waals surface area contributed by atoms with Gasteiger partial charge in [-0.05, 0) is 37.0 Å². The van der Waals surface area contributed by atoms with Gasteiger partial charge in [0.2, 0.25) is 0 Å². The monoisotopic (exact) mass is 255 g/mol. The van der Waals surface area contributed by atoms with E-state index >= 15 is 0 Å². The number of hydrogen-bond acceptors (Lipinski definition) is 2. The van der Waals surface area contributed by atoms with Gasteiger partial charge in [-0.25, -0.2) is 0 Å². The van der Waals surface area contributed by atoms with Crippen molar-refractivity contribution in [2.45, 2.75) is 26.3 Å². The topological polar surface area (TPSA) is 46.2 Å². The second-order valence-corrected chi connectivity index (χ2v) is 5.22. The van der Waals surface area contributed by atoms with Gasteiger partial charge in [-0.3, -0.25) is 0 Å². The fourth-order valence-corrected chi connectivity index (χ4v) is 2.34. The molecule has 2 aromatic carbocycles. The van der Waals surface area contributed by atoms with Crippen molar-refractivity contribution >= 4 is 0 Å². The molecule has 1 atom stereocenters. The molecule has 2 rings (SSSR count). The van der Waals surface area contributed by atoms with Crippen molar-refractivity contribution in [1.29, 1.82) is 0 Å². The minimum absolute atomic E-state index is 0.0266. The van der Waals surface area contributed by atoms with Crippen molar-refractivity contribution < 1.29 is 5.11 Å². The summed E-state index contributed by atoms with van der Waals surface area (Å²) in [5, 5.41) is 8.96. The molecule has 0 radical (unpaired) electrons. The molecule has 100 valence electrons. The highest BCUT2D eigenvalue weighted by Gasteiger charge is 2.04. The Balaban J connectivity index is 2.22. The summed E-state index contributed by atoms with van der Waals surface area (Å²) < 4.78 is 0. The van der Waals surface area contributed by atoms with Crippen LogP contribution in [0.25, 0.3) is 11.1 Å². The van der Waals surface area contributed by atoms with Crippen molar-refractivity contribution in [2.75, 3.05) is 6.61 Å². The van der Waals surface area contributed by atoms with Crippen LogP contribution < -0.4 is 5.73 Å². The van der Waals surface area contributed by atoms with Crippen LogP contribution in [-0.4, -0.2) is 17.8 Å². The highest BCUT2D eigenvalue weighted by atomic mass is 16.3. The number of aryl methyl sites for hydroxylation is 2. The molecule has 0 fully saturated rings. The Morgan fingerprint density at radius 3 is 2.05 bits per heavy atom. The minimum atomic E-state index is -0.174. The second kappa shape index (κ2) is 6.00. The van der Waals surface area contributed by atoms with Gasteiger partial charge in [0, 0.05) is 6.04 Å². The zero-order valence-corrected chi connectivity index (χ0v) is 11.6. The molecule has 2 nitrogen and oxygen atoms in total. The molecule has 0 aliphatic rings. The highest BCUT2D eigenvalue weighted by Crippen LogP contribution is 2.22. The van der Waals surface area contributed by atoms with Crippen LogP contribution in [0.2, 0.25) is 0 Å². The van der Waals surface area contributed by atoms with Crippen LogP contribution >= 0.6 is 0 Å². The van der Waals surface area contributed by atoms with E-state index in [0.717, 1.165) is 5.56 Å². The van der Waals surface area contributed by atoms with Crippen LogP contribution in [0.3, 0.4) is 0 Å². The highest BCUT2D eigenvalue weighted by molar-refractivity contribution is 5.65. The molecule has 0 saturated heterocycles. The third-order valence-electron chi connectivity index (χ3n) is 3.24. The van der Waals surface area contributed by atoms with E-state index in [1.165, 1.54) is 22.3 Å². The Hall–Kier alpha value is -1.64. The van der Waals surface area contributed by atoms with Crippen molar-refractivity contribution in [1.82, 2.24) is 0 Å². The Bertz CT molecular complexity index is 525. The second-order valence-electron chi connectivity index (χ2n) is 5.22. The van der Waals surface area contributed by atoms with Crippen LogP contribution in [0, 0.1) is 13.8 Å². The summed E-state index contributed by atoms with van der Waals surface area (Å²) in [5.41, 5.74) is 11.9. The summed E-state index contributed by atoms with van der Waals surface area (Å²) in [6.45, 7) is 4.26. The smallest absolute Gasteiger partial charge is 0.0585 e. The van der Waals surface area contributed by atoms with Crippen LogP contribution in [0.5, 0.6) is 0 Å². The average molecular weight is 255 g/mol. The Kier molecular flexibility index (Phi) is 4.35. The summed E-state index contributed by atoms with van der Waals surface area (Å²) in [4.78, 5) is 0. The van der Waals surface area contributed by atoms with Crippen LogP contribution in [0.1, 0.15) is 16.7 Å². The lowest BCUT2D eigenvalue weighted by molar-refractivity contribution is 0.265. The fraction of sp³-hybridized carbons (Fsp3) is 0.294. The molecular formula is C17H21NO. The van der Waals surface area contributed by atoms with E-state index in [4.69, 9.17) is 10.8 Å². The van der Waals surface area contributed by atoms with Gasteiger partial charge in [-0.2, -0.15) is 0 Å². The van der Waals surface area contributed by atoms with E-state index in [1.807, 2.05) is 0 Å². The molecule has 0 bridgehead atoms. The standard InChI is InChI=1S/C17H21NO/c1-12-7-13(2)9-16(8-12)15-5-3-14(4-6-15)10-17(18)11-19/h3-9,17,19H,10-11,18H2,1-2H3. The number of aliphatic hydroxyl groups is 1. The summed E-state index contributed by atoms with van der Waals surface area (Å²) in [6.07, 6.45) is 0.712. The van der Waals surface area contributed by atoms with E-state index in [-0.39, 0.29) is 12.6 Å². The molecule has 1 unspecified atom stereocenters. The molecule has 0 saturated carbocycles. The predicted molar refractivity (Wildman–Crippen MR) is 80.1 cm³/mol. The van der Waals surface area contributed by atoms with E-state index < -0.39 is 0 Å². The third-order valence-corrected chi connectivity index (χ3v) is 3.24. The number of benzene rings is 2. The lowest BCUT2D eigenvalue weighted by atomic mass is 9.98. The fourth-order valence-electron chi connectivity index (χ4n) is 2.34. The first-order valence-electron chi connectivity index (χ1n) is 6.62. The van der Waals surface area contributed by atoms with Gasteiger partial charge in [0.15, 0.2) is 0 Å². The lowest BCUT2D eigenvalue weighted by Gasteiger charge is -2.09. The first kappa shape index (κ1) is 13.8. The summed E-state index contributed by atoms with van der Waals surface area (Å²) >= 11 is 0. The maximum Gasteiger partial charge on any atom is 0.0585 e. The van der Waals surface area contributed by atoms with Crippen molar-refractivity contribution in [3.8, 4) is 11.1 Å². The zero-order chi connectivity index (χ0) is 13.8. The summed E-state index contributed by atoms with van der Waals surface area (Å²) in [6, 6.07) is 14.8. The normalized spacial score (nSPS) is 12.4. The molecule has 0 heterocycles. The van der Waals surface area contributed by atoms with Crippen molar-refractivity contribution in [2.24, 2.45) is 5.73 Å². The van der Waals surface area contributed by atoms with Crippen LogP contribution in [-0.2, 0) is 6.42 Å². The molecule has 0 aliphatic carbocycles. The molecule has 2 heteroatoms. The van der Waals surface area contributed by atoms with Gasteiger partial charge < -0.3 is 10.8 Å². The van der Waals surface area contributed by atoms with Crippen molar-refractivity contribution in [3.05, 3.63) is 59.2 Å². The Labute approximate surface area is 114 Å². The lowest BCUT2D eigenvalue weighted by Crippen LogP contribution is -2.26. The van der Waals surface area contributed by atoms with Gasteiger partial charge in [-0.15, -0.1) is 0 Å². The molecular weight excluding hydrogens is 234 g/mol.